The minimum atomic E-state index is -0.429. The van der Waals surface area contributed by atoms with E-state index in [9.17, 15) is 14.7 Å². The molecule has 1 aliphatic heterocycles. The number of piperidine rings is 1. The largest absolute Gasteiger partial charge is 0.453 e. The molecule has 2 amide bonds. The number of hydrogen-bond donors (Lipinski definition) is 1. The second-order valence-electron chi connectivity index (χ2n) is 6.38. The highest BCUT2D eigenvalue weighted by molar-refractivity contribution is 5.85. The summed E-state index contributed by atoms with van der Waals surface area (Å²) in [6, 6.07) is -0.424. The maximum absolute atomic E-state index is 12.7. The molecule has 0 bridgehead atoms. The molecule has 1 aliphatic carbocycles. The topological polar surface area (TPSA) is 70.1 Å². The van der Waals surface area contributed by atoms with Gasteiger partial charge in [-0.05, 0) is 32.1 Å². The van der Waals surface area contributed by atoms with Crippen LogP contribution in [0, 0.1) is 5.41 Å². The average molecular weight is 298 g/mol. The number of likely N-dealkylation sites (N-methyl/N-ethyl adjacent to an activating group) is 1. The summed E-state index contributed by atoms with van der Waals surface area (Å²) in [5, 5.41) is 9.53. The molecule has 1 N–H and O–H groups in total. The van der Waals surface area contributed by atoms with Crippen LogP contribution in [0.3, 0.4) is 0 Å². The summed E-state index contributed by atoms with van der Waals surface area (Å²) < 4.78 is 4.78. The van der Waals surface area contributed by atoms with Crippen LogP contribution >= 0.6 is 0 Å². The van der Waals surface area contributed by atoms with Gasteiger partial charge in [-0.2, -0.15) is 0 Å². The van der Waals surface area contributed by atoms with Crippen molar-refractivity contribution in [1.82, 2.24) is 9.80 Å². The molecule has 2 aliphatic rings. The van der Waals surface area contributed by atoms with Gasteiger partial charge in [0.2, 0.25) is 5.91 Å². The monoisotopic (exact) mass is 298 g/mol. The molecule has 0 spiro atoms. The van der Waals surface area contributed by atoms with Gasteiger partial charge in [-0.3, -0.25) is 9.69 Å². The Labute approximate surface area is 126 Å². The van der Waals surface area contributed by atoms with Crippen molar-refractivity contribution < 1.29 is 19.4 Å². The Morgan fingerprint density at radius 2 is 2.05 bits per heavy atom. The SMILES string of the molecule is COC(=O)N1CCCC[C@@H]1C(=O)N(C)CC1(CO)CCC1. The molecule has 2 rings (SSSR count). The lowest BCUT2D eigenvalue weighted by atomic mass is 9.69. The Morgan fingerprint density at radius 1 is 1.33 bits per heavy atom. The molecular weight excluding hydrogens is 272 g/mol. The molecule has 0 aromatic carbocycles. The number of carbonyl (C=O) groups is 2. The smallest absolute Gasteiger partial charge is 0.410 e. The molecule has 0 unspecified atom stereocenters. The van der Waals surface area contributed by atoms with Crippen LogP contribution in [-0.4, -0.2) is 66.8 Å². The van der Waals surface area contributed by atoms with E-state index in [1.165, 1.54) is 12.0 Å². The van der Waals surface area contributed by atoms with E-state index in [0.29, 0.717) is 19.5 Å². The van der Waals surface area contributed by atoms with Gasteiger partial charge < -0.3 is 14.7 Å². The number of rotatable bonds is 4. The van der Waals surface area contributed by atoms with E-state index in [2.05, 4.69) is 0 Å². The van der Waals surface area contributed by atoms with Crippen LogP contribution in [0.4, 0.5) is 4.79 Å². The highest BCUT2D eigenvalue weighted by Crippen LogP contribution is 2.41. The highest BCUT2D eigenvalue weighted by Gasteiger charge is 2.41. The Balaban J connectivity index is 2.00. The fourth-order valence-electron chi connectivity index (χ4n) is 3.40. The number of methoxy groups -OCH3 is 1. The minimum Gasteiger partial charge on any atom is -0.453 e. The second-order valence-corrected chi connectivity index (χ2v) is 6.38. The van der Waals surface area contributed by atoms with Gasteiger partial charge in [-0.25, -0.2) is 4.79 Å². The second kappa shape index (κ2) is 6.64. The van der Waals surface area contributed by atoms with Gasteiger partial charge in [0.05, 0.1) is 13.7 Å². The van der Waals surface area contributed by atoms with Crippen LogP contribution in [0.1, 0.15) is 38.5 Å². The number of aliphatic hydroxyl groups is 1. The van der Waals surface area contributed by atoms with E-state index in [1.54, 1.807) is 11.9 Å². The molecule has 2 fully saturated rings. The molecule has 1 atom stereocenters. The summed E-state index contributed by atoms with van der Waals surface area (Å²) in [5.41, 5.74) is -0.130. The molecule has 0 aromatic heterocycles. The summed E-state index contributed by atoms with van der Waals surface area (Å²) in [6.45, 7) is 1.26. The van der Waals surface area contributed by atoms with Crippen LogP contribution in [0.25, 0.3) is 0 Å². The molecule has 1 saturated heterocycles. The molecular formula is C15H26N2O4. The summed E-state index contributed by atoms with van der Waals surface area (Å²) in [5.74, 6) is -0.0418. The molecule has 0 radical (unpaired) electrons. The van der Waals surface area contributed by atoms with Crippen molar-refractivity contribution in [1.29, 1.82) is 0 Å². The van der Waals surface area contributed by atoms with Crippen LogP contribution in [0.2, 0.25) is 0 Å². The average Bonchev–Trinajstić information content (AvgIpc) is 2.49. The summed E-state index contributed by atoms with van der Waals surface area (Å²) in [6.07, 6.45) is 5.15. The zero-order valence-electron chi connectivity index (χ0n) is 13.0. The third-order valence-electron chi connectivity index (χ3n) is 4.90. The zero-order chi connectivity index (χ0) is 15.5. The van der Waals surface area contributed by atoms with E-state index in [4.69, 9.17) is 4.74 Å². The Bertz CT molecular complexity index is 390. The first-order chi connectivity index (χ1) is 10.0. The maximum Gasteiger partial charge on any atom is 0.410 e. The van der Waals surface area contributed by atoms with Crippen LogP contribution in [-0.2, 0) is 9.53 Å². The first kappa shape index (κ1) is 16.1. The van der Waals surface area contributed by atoms with Crippen molar-refractivity contribution >= 4 is 12.0 Å². The minimum absolute atomic E-state index is 0.0418. The molecule has 0 aromatic rings. The standard InChI is InChI=1S/C15H26N2O4/c1-16(10-15(11-18)7-5-8-15)13(19)12-6-3-4-9-17(12)14(20)21-2/h12,18H,3-11H2,1-2H3/t12-/m1/s1. The number of nitrogens with zero attached hydrogens (tertiary/aromatic N) is 2. The van der Waals surface area contributed by atoms with Crippen molar-refractivity contribution in [2.75, 3.05) is 33.9 Å². The van der Waals surface area contributed by atoms with Gasteiger partial charge in [0.25, 0.3) is 0 Å². The van der Waals surface area contributed by atoms with E-state index in [-0.39, 0.29) is 17.9 Å². The number of amides is 2. The lowest BCUT2D eigenvalue weighted by molar-refractivity contribution is -0.139. The Hall–Kier alpha value is -1.30. The predicted octanol–water partition coefficient (Wildman–Crippen LogP) is 1.23. The third-order valence-corrected chi connectivity index (χ3v) is 4.90. The van der Waals surface area contributed by atoms with E-state index in [0.717, 1.165) is 32.1 Å². The third kappa shape index (κ3) is 3.31. The molecule has 6 heteroatoms. The first-order valence-corrected chi connectivity index (χ1v) is 7.73. The lowest BCUT2D eigenvalue weighted by Crippen LogP contribution is -2.54. The Morgan fingerprint density at radius 3 is 2.57 bits per heavy atom. The predicted molar refractivity (Wildman–Crippen MR) is 77.8 cm³/mol. The molecule has 1 saturated carbocycles. The molecule has 6 nitrogen and oxygen atoms in total. The van der Waals surface area contributed by atoms with E-state index in [1.807, 2.05) is 0 Å². The summed E-state index contributed by atoms with van der Waals surface area (Å²) >= 11 is 0. The number of ether oxygens (including phenoxy) is 1. The summed E-state index contributed by atoms with van der Waals surface area (Å²) in [4.78, 5) is 27.7. The quantitative estimate of drug-likeness (QED) is 0.847. The van der Waals surface area contributed by atoms with Crippen LogP contribution < -0.4 is 0 Å². The first-order valence-electron chi connectivity index (χ1n) is 7.73. The number of hydrogen-bond acceptors (Lipinski definition) is 4. The van der Waals surface area contributed by atoms with Crippen molar-refractivity contribution in [3.8, 4) is 0 Å². The fourth-order valence-corrected chi connectivity index (χ4v) is 3.40. The maximum atomic E-state index is 12.7. The van der Waals surface area contributed by atoms with Gasteiger partial charge in [0, 0.05) is 25.6 Å². The van der Waals surface area contributed by atoms with Gasteiger partial charge in [-0.15, -0.1) is 0 Å². The molecule has 1 heterocycles. The fraction of sp³-hybridized carbons (Fsp3) is 0.867. The number of likely N-dealkylation sites (tertiary alicyclic amines) is 1. The molecule has 120 valence electrons. The van der Waals surface area contributed by atoms with Gasteiger partial charge in [0.15, 0.2) is 0 Å². The Kier molecular flexibility index (Phi) is 5.08. The van der Waals surface area contributed by atoms with Crippen molar-refractivity contribution in [3.63, 3.8) is 0 Å². The van der Waals surface area contributed by atoms with Crippen molar-refractivity contribution in [3.05, 3.63) is 0 Å². The lowest BCUT2D eigenvalue weighted by Gasteiger charge is -2.44. The van der Waals surface area contributed by atoms with Crippen molar-refractivity contribution in [2.24, 2.45) is 5.41 Å². The van der Waals surface area contributed by atoms with Crippen molar-refractivity contribution in [2.45, 2.75) is 44.6 Å². The summed E-state index contributed by atoms with van der Waals surface area (Å²) in [7, 11) is 3.11. The van der Waals surface area contributed by atoms with Gasteiger partial charge >= 0.3 is 6.09 Å². The van der Waals surface area contributed by atoms with Crippen LogP contribution in [0.15, 0.2) is 0 Å². The van der Waals surface area contributed by atoms with E-state index < -0.39 is 12.1 Å². The van der Waals surface area contributed by atoms with Gasteiger partial charge in [-0.1, -0.05) is 6.42 Å². The number of aliphatic hydroxyl groups excluding tert-OH is 1. The highest BCUT2D eigenvalue weighted by atomic mass is 16.5. The van der Waals surface area contributed by atoms with Gasteiger partial charge in [0.1, 0.15) is 6.04 Å². The molecule has 21 heavy (non-hydrogen) atoms. The normalized spacial score (nSPS) is 24.1. The number of carbonyl (C=O) groups excluding carboxylic acids is 2. The zero-order valence-corrected chi connectivity index (χ0v) is 13.0. The van der Waals surface area contributed by atoms with E-state index >= 15 is 0 Å². The van der Waals surface area contributed by atoms with Crippen LogP contribution in [0.5, 0.6) is 0 Å².